The number of phenolic OH excluding ortho intramolecular Hbond substituents is 2. The molecule has 0 atom stereocenters. The van der Waals surface area contributed by atoms with Crippen LogP contribution in [0.5, 0.6) is 11.5 Å². The number of para-hydroxylation sites is 1. The molecule has 126 valence electrons. The minimum absolute atomic E-state index is 0.183. The van der Waals surface area contributed by atoms with E-state index in [2.05, 4.69) is 20.7 Å². The van der Waals surface area contributed by atoms with Gasteiger partial charge in [-0.25, -0.2) is 0 Å². The van der Waals surface area contributed by atoms with Crippen molar-refractivity contribution in [2.24, 2.45) is 5.10 Å². The molecule has 1 aromatic carbocycles. The lowest BCUT2D eigenvalue weighted by Crippen LogP contribution is -2.39. The first-order valence-corrected chi connectivity index (χ1v) is 7.95. The zero-order chi connectivity index (χ0) is 16.5. The van der Waals surface area contributed by atoms with Crippen molar-refractivity contribution in [3.63, 3.8) is 0 Å². The maximum Gasteiger partial charge on any atom is 0.186 e. The van der Waals surface area contributed by atoms with Crippen molar-refractivity contribution in [1.82, 2.24) is 15.6 Å². The summed E-state index contributed by atoms with van der Waals surface area (Å²) in [6.07, 6.45) is 2.38. The van der Waals surface area contributed by atoms with Crippen molar-refractivity contribution in [3.05, 3.63) is 23.8 Å². The van der Waals surface area contributed by atoms with E-state index < -0.39 is 0 Å². The van der Waals surface area contributed by atoms with Gasteiger partial charge in [0.2, 0.25) is 0 Å². The molecule has 0 amide bonds. The first-order chi connectivity index (χ1) is 11.2. The van der Waals surface area contributed by atoms with Gasteiger partial charge in [0.05, 0.1) is 19.4 Å². The van der Waals surface area contributed by atoms with Crippen LogP contribution in [-0.4, -0.2) is 65.8 Å². The number of hydrazone groups is 1. The number of nitrogens with zero attached hydrogens (tertiary/aromatic N) is 2. The van der Waals surface area contributed by atoms with E-state index in [-0.39, 0.29) is 11.5 Å². The highest BCUT2D eigenvalue weighted by molar-refractivity contribution is 7.80. The second-order valence-electron chi connectivity index (χ2n) is 5.15. The number of hydrogen-bond acceptors (Lipinski definition) is 6. The summed E-state index contributed by atoms with van der Waals surface area (Å²) >= 11 is 5.12. The van der Waals surface area contributed by atoms with Crippen molar-refractivity contribution >= 4 is 23.5 Å². The van der Waals surface area contributed by atoms with Gasteiger partial charge in [0.1, 0.15) is 0 Å². The van der Waals surface area contributed by atoms with Crippen LogP contribution < -0.4 is 10.7 Å². The fourth-order valence-electron chi connectivity index (χ4n) is 2.18. The predicted molar refractivity (Wildman–Crippen MR) is 93.0 cm³/mol. The van der Waals surface area contributed by atoms with Gasteiger partial charge in [0.15, 0.2) is 16.6 Å². The molecule has 1 aliphatic rings. The summed E-state index contributed by atoms with van der Waals surface area (Å²) in [4.78, 5) is 2.37. The Morgan fingerprint density at radius 2 is 2.13 bits per heavy atom. The van der Waals surface area contributed by atoms with Crippen LogP contribution in [0.4, 0.5) is 0 Å². The SMILES string of the molecule is Oc1cccc(/C=N/NC(=S)NCCCN2CCOCC2)c1O. The lowest BCUT2D eigenvalue weighted by molar-refractivity contribution is 0.0376. The molecular formula is C15H22N4O3S. The van der Waals surface area contributed by atoms with Crippen LogP contribution >= 0.6 is 12.2 Å². The third-order valence-electron chi connectivity index (χ3n) is 3.46. The molecule has 0 aromatic heterocycles. The number of hydrogen-bond donors (Lipinski definition) is 4. The molecule has 0 unspecified atom stereocenters. The second-order valence-corrected chi connectivity index (χ2v) is 5.56. The number of aromatic hydroxyl groups is 2. The van der Waals surface area contributed by atoms with Crippen molar-refractivity contribution in [2.75, 3.05) is 39.4 Å². The Hall–Kier alpha value is -1.90. The third kappa shape index (κ3) is 6.01. The van der Waals surface area contributed by atoms with Gasteiger partial charge in [-0.05, 0) is 37.3 Å². The number of ether oxygens (including phenoxy) is 1. The van der Waals surface area contributed by atoms with Crippen LogP contribution in [0, 0.1) is 0 Å². The average Bonchev–Trinajstić information content (AvgIpc) is 2.56. The van der Waals surface area contributed by atoms with Crippen LogP contribution in [0.2, 0.25) is 0 Å². The Bertz CT molecular complexity index is 548. The Kier molecular flexibility index (Phi) is 7.05. The van der Waals surface area contributed by atoms with Gasteiger partial charge < -0.3 is 20.3 Å². The molecule has 4 N–H and O–H groups in total. The van der Waals surface area contributed by atoms with Crippen LogP contribution in [-0.2, 0) is 4.74 Å². The smallest absolute Gasteiger partial charge is 0.186 e. The Morgan fingerprint density at radius 3 is 2.91 bits per heavy atom. The van der Waals surface area contributed by atoms with E-state index in [4.69, 9.17) is 17.0 Å². The lowest BCUT2D eigenvalue weighted by atomic mass is 10.2. The normalized spacial score (nSPS) is 15.7. The summed E-state index contributed by atoms with van der Waals surface area (Å²) in [7, 11) is 0. The van der Waals surface area contributed by atoms with E-state index in [0.29, 0.717) is 10.7 Å². The van der Waals surface area contributed by atoms with E-state index in [9.17, 15) is 10.2 Å². The van der Waals surface area contributed by atoms with Crippen LogP contribution in [0.1, 0.15) is 12.0 Å². The van der Waals surface area contributed by atoms with Gasteiger partial charge >= 0.3 is 0 Å². The van der Waals surface area contributed by atoms with Crippen molar-refractivity contribution in [2.45, 2.75) is 6.42 Å². The van der Waals surface area contributed by atoms with Crippen molar-refractivity contribution < 1.29 is 14.9 Å². The summed E-state index contributed by atoms with van der Waals surface area (Å²) in [6, 6.07) is 4.67. The second kappa shape index (κ2) is 9.29. The molecule has 0 saturated carbocycles. The largest absolute Gasteiger partial charge is 0.504 e. The average molecular weight is 338 g/mol. The molecule has 7 nitrogen and oxygen atoms in total. The number of nitrogens with one attached hydrogen (secondary N) is 2. The number of phenols is 2. The molecule has 0 spiro atoms. The van der Waals surface area contributed by atoms with Gasteiger partial charge in [-0.2, -0.15) is 5.10 Å². The van der Waals surface area contributed by atoms with Crippen molar-refractivity contribution in [3.8, 4) is 11.5 Å². The molecular weight excluding hydrogens is 316 g/mol. The summed E-state index contributed by atoms with van der Waals surface area (Å²) < 4.78 is 5.30. The fourth-order valence-corrected chi connectivity index (χ4v) is 2.34. The number of rotatable bonds is 6. The highest BCUT2D eigenvalue weighted by atomic mass is 32.1. The quantitative estimate of drug-likeness (QED) is 0.199. The van der Waals surface area contributed by atoms with Gasteiger partial charge in [0.25, 0.3) is 0 Å². The van der Waals surface area contributed by atoms with E-state index in [1.54, 1.807) is 12.1 Å². The molecule has 1 saturated heterocycles. The maximum absolute atomic E-state index is 9.63. The van der Waals surface area contributed by atoms with Crippen LogP contribution in [0.15, 0.2) is 23.3 Å². The lowest BCUT2D eigenvalue weighted by Gasteiger charge is -2.26. The number of benzene rings is 1. The van der Waals surface area contributed by atoms with Gasteiger partial charge in [-0.3, -0.25) is 10.3 Å². The monoisotopic (exact) mass is 338 g/mol. The molecule has 23 heavy (non-hydrogen) atoms. The minimum atomic E-state index is -0.206. The first-order valence-electron chi connectivity index (χ1n) is 7.55. The first kappa shape index (κ1) is 17.5. The van der Waals surface area contributed by atoms with E-state index in [0.717, 1.165) is 45.8 Å². The maximum atomic E-state index is 9.63. The minimum Gasteiger partial charge on any atom is -0.504 e. The molecule has 8 heteroatoms. The van der Waals surface area contributed by atoms with Gasteiger partial charge in [-0.1, -0.05) is 6.07 Å². The van der Waals surface area contributed by atoms with Gasteiger partial charge in [0, 0.05) is 25.2 Å². The molecule has 1 aromatic rings. The highest BCUT2D eigenvalue weighted by Gasteiger charge is 2.09. The van der Waals surface area contributed by atoms with Gasteiger partial charge in [-0.15, -0.1) is 0 Å². The summed E-state index contributed by atoms with van der Waals surface area (Å²) in [5.41, 5.74) is 3.09. The molecule has 1 heterocycles. The van der Waals surface area contributed by atoms with Crippen LogP contribution in [0.3, 0.4) is 0 Å². The van der Waals surface area contributed by atoms with E-state index in [1.165, 1.54) is 12.3 Å². The summed E-state index contributed by atoms with van der Waals surface area (Å²) in [5.74, 6) is -0.389. The Labute approximate surface area is 140 Å². The molecule has 0 radical (unpaired) electrons. The molecule has 1 fully saturated rings. The predicted octanol–water partition coefficient (Wildman–Crippen LogP) is 0.618. The fraction of sp³-hybridized carbons (Fsp3) is 0.467. The molecule has 0 bridgehead atoms. The molecule has 1 aliphatic heterocycles. The standard InChI is InChI=1S/C15H22N4O3S/c20-13-4-1-3-12(14(13)21)11-17-18-15(23)16-5-2-6-19-7-9-22-10-8-19/h1,3-4,11,20-21H,2,5-10H2,(H2,16,18,23)/b17-11+. The zero-order valence-electron chi connectivity index (χ0n) is 12.9. The Morgan fingerprint density at radius 1 is 1.35 bits per heavy atom. The molecule has 0 aliphatic carbocycles. The third-order valence-corrected chi connectivity index (χ3v) is 3.69. The van der Waals surface area contributed by atoms with E-state index in [1.807, 2.05) is 0 Å². The van der Waals surface area contributed by atoms with Crippen molar-refractivity contribution in [1.29, 1.82) is 0 Å². The topological polar surface area (TPSA) is 89.4 Å². The van der Waals surface area contributed by atoms with E-state index >= 15 is 0 Å². The number of morpholine rings is 1. The number of thiocarbonyl (C=S) groups is 1. The summed E-state index contributed by atoms with van der Waals surface area (Å²) in [6.45, 7) is 5.37. The summed E-state index contributed by atoms with van der Waals surface area (Å²) in [5, 5.41) is 26.4. The zero-order valence-corrected chi connectivity index (χ0v) is 13.7. The molecule has 2 rings (SSSR count). The van der Waals surface area contributed by atoms with Crippen LogP contribution in [0.25, 0.3) is 0 Å². The Balaban J connectivity index is 1.63. The highest BCUT2D eigenvalue weighted by Crippen LogP contribution is 2.26.